The highest BCUT2D eigenvalue weighted by atomic mass is 16.7. The Kier molecular flexibility index (Phi) is 6.32. The molecule has 0 aromatic carbocycles. The molecule has 0 bridgehead atoms. The fourth-order valence-corrected chi connectivity index (χ4v) is 2.15. The predicted octanol–water partition coefficient (Wildman–Crippen LogP) is 2.56. The summed E-state index contributed by atoms with van der Waals surface area (Å²) in [7, 11) is 0. The van der Waals surface area contributed by atoms with Crippen molar-refractivity contribution < 1.29 is 9.47 Å². The van der Waals surface area contributed by atoms with Gasteiger partial charge in [-0.1, -0.05) is 13.3 Å². The van der Waals surface area contributed by atoms with Gasteiger partial charge in [-0.3, -0.25) is 0 Å². The van der Waals surface area contributed by atoms with Crippen LogP contribution in [0.2, 0.25) is 0 Å². The molecule has 1 aliphatic rings. The van der Waals surface area contributed by atoms with Gasteiger partial charge >= 0.3 is 0 Å². The number of rotatable bonds is 9. The molecule has 0 spiro atoms. The number of hydrogen-bond donors (Lipinski definition) is 1. The van der Waals surface area contributed by atoms with Crippen LogP contribution in [0.3, 0.4) is 0 Å². The Morgan fingerprint density at radius 1 is 1.19 bits per heavy atom. The van der Waals surface area contributed by atoms with Crippen LogP contribution in [0.15, 0.2) is 0 Å². The van der Waals surface area contributed by atoms with Crippen LogP contribution in [-0.4, -0.2) is 32.6 Å². The highest BCUT2D eigenvalue weighted by Gasteiger charge is 2.30. The summed E-state index contributed by atoms with van der Waals surface area (Å²) in [6, 6.07) is 0. The minimum absolute atomic E-state index is 0.0308. The zero-order valence-corrected chi connectivity index (χ0v) is 11.1. The van der Waals surface area contributed by atoms with Crippen molar-refractivity contribution in [2.24, 2.45) is 5.41 Å². The quantitative estimate of drug-likeness (QED) is 0.487. The summed E-state index contributed by atoms with van der Waals surface area (Å²) >= 11 is 0. The number of nitrogens with one attached hydrogen (secondary N) is 1. The van der Waals surface area contributed by atoms with Gasteiger partial charge in [-0.25, -0.2) is 0 Å². The van der Waals surface area contributed by atoms with Crippen LogP contribution in [0.25, 0.3) is 0 Å². The van der Waals surface area contributed by atoms with Crippen molar-refractivity contribution in [3.63, 3.8) is 0 Å². The highest BCUT2D eigenvalue weighted by molar-refractivity contribution is 4.85. The van der Waals surface area contributed by atoms with Crippen molar-refractivity contribution in [2.75, 3.05) is 26.3 Å². The number of ether oxygens (including phenoxy) is 2. The lowest BCUT2D eigenvalue weighted by Crippen LogP contribution is -2.38. The van der Waals surface area contributed by atoms with Gasteiger partial charge in [0, 0.05) is 26.2 Å². The lowest BCUT2D eigenvalue weighted by atomic mass is 9.70. The predicted molar refractivity (Wildman–Crippen MR) is 66.5 cm³/mol. The maximum Gasteiger partial charge on any atom is 0.158 e. The van der Waals surface area contributed by atoms with Gasteiger partial charge in [0.15, 0.2) is 6.29 Å². The van der Waals surface area contributed by atoms with E-state index in [0.29, 0.717) is 5.41 Å². The lowest BCUT2D eigenvalue weighted by Gasteiger charge is -2.38. The maximum absolute atomic E-state index is 5.49. The molecule has 1 rings (SSSR count). The SMILES string of the molecule is CCOC(CCNCC1(C)CCC1)OCC. The third-order valence-electron chi connectivity index (χ3n) is 3.37. The monoisotopic (exact) mass is 229 g/mol. The summed E-state index contributed by atoms with van der Waals surface area (Å²) in [5, 5.41) is 3.52. The molecule has 1 saturated carbocycles. The van der Waals surface area contributed by atoms with Crippen molar-refractivity contribution in [1.29, 1.82) is 0 Å². The standard InChI is InChI=1S/C13H27NO2/c1-4-15-12(16-5-2)7-10-14-11-13(3)8-6-9-13/h12,14H,4-11H2,1-3H3. The Balaban J connectivity index is 2.03. The van der Waals surface area contributed by atoms with E-state index >= 15 is 0 Å². The second-order valence-electron chi connectivity index (χ2n) is 4.97. The van der Waals surface area contributed by atoms with Crippen LogP contribution in [0, 0.1) is 5.41 Å². The van der Waals surface area contributed by atoms with Gasteiger partial charge in [0.1, 0.15) is 0 Å². The Labute approximate surface area is 99.9 Å². The first kappa shape index (κ1) is 13.9. The summed E-state index contributed by atoms with van der Waals surface area (Å²) in [6.07, 6.45) is 5.06. The van der Waals surface area contributed by atoms with E-state index in [0.717, 1.165) is 32.7 Å². The molecule has 0 amide bonds. The second kappa shape index (κ2) is 7.25. The van der Waals surface area contributed by atoms with Gasteiger partial charge in [-0.2, -0.15) is 0 Å². The molecular formula is C13H27NO2. The van der Waals surface area contributed by atoms with Gasteiger partial charge in [0.05, 0.1) is 0 Å². The van der Waals surface area contributed by atoms with E-state index in [-0.39, 0.29) is 6.29 Å². The summed E-state index contributed by atoms with van der Waals surface area (Å²) in [4.78, 5) is 0. The van der Waals surface area contributed by atoms with Gasteiger partial charge < -0.3 is 14.8 Å². The Bertz CT molecular complexity index is 175. The minimum Gasteiger partial charge on any atom is -0.353 e. The molecule has 1 fully saturated rings. The molecule has 1 aliphatic carbocycles. The summed E-state index contributed by atoms with van der Waals surface area (Å²) in [5.74, 6) is 0. The van der Waals surface area contributed by atoms with Crippen molar-refractivity contribution in [1.82, 2.24) is 5.32 Å². The smallest absolute Gasteiger partial charge is 0.158 e. The third kappa shape index (κ3) is 4.81. The van der Waals surface area contributed by atoms with E-state index in [1.54, 1.807) is 0 Å². The van der Waals surface area contributed by atoms with E-state index in [4.69, 9.17) is 9.47 Å². The van der Waals surface area contributed by atoms with Gasteiger partial charge in [0.25, 0.3) is 0 Å². The van der Waals surface area contributed by atoms with Crippen LogP contribution in [0.5, 0.6) is 0 Å². The molecule has 0 aromatic heterocycles. The summed E-state index contributed by atoms with van der Waals surface area (Å²) in [5.41, 5.74) is 0.562. The molecule has 16 heavy (non-hydrogen) atoms. The molecule has 3 heteroatoms. The molecule has 1 N–H and O–H groups in total. The van der Waals surface area contributed by atoms with Crippen LogP contribution < -0.4 is 5.32 Å². The zero-order chi connectivity index (χ0) is 11.9. The molecule has 0 heterocycles. The average Bonchev–Trinajstić information content (AvgIpc) is 2.22. The first-order chi connectivity index (χ1) is 7.70. The normalized spacial score (nSPS) is 18.8. The molecule has 0 aliphatic heterocycles. The van der Waals surface area contributed by atoms with Crippen LogP contribution in [0.1, 0.15) is 46.5 Å². The van der Waals surface area contributed by atoms with Crippen molar-refractivity contribution in [3.8, 4) is 0 Å². The van der Waals surface area contributed by atoms with E-state index in [1.165, 1.54) is 19.3 Å². The zero-order valence-electron chi connectivity index (χ0n) is 11.1. The maximum atomic E-state index is 5.49. The van der Waals surface area contributed by atoms with Gasteiger partial charge in [-0.15, -0.1) is 0 Å². The lowest BCUT2D eigenvalue weighted by molar-refractivity contribution is -0.138. The largest absolute Gasteiger partial charge is 0.353 e. The van der Waals surface area contributed by atoms with E-state index < -0.39 is 0 Å². The molecule has 0 saturated heterocycles. The Hall–Kier alpha value is -0.120. The molecular weight excluding hydrogens is 202 g/mol. The molecule has 0 atom stereocenters. The molecule has 3 nitrogen and oxygen atoms in total. The Morgan fingerprint density at radius 2 is 1.81 bits per heavy atom. The van der Waals surface area contributed by atoms with E-state index in [1.807, 2.05) is 13.8 Å². The van der Waals surface area contributed by atoms with Gasteiger partial charge in [0.2, 0.25) is 0 Å². The van der Waals surface area contributed by atoms with Crippen LogP contribution in [-0.2, 0) is 9.47 Å². The molecule has 0 radical (unpaired) electrons. The highest BCUT2D eigenvalue weighted by Crippen LogP contribution is 2.39. The average molecular weight is 229 g/mol. The van der Waals surface area contributed by atoms with Crippen LogP contribution >= 0.6 is 0 Å². The van der Waals surface area contributed by atoms with E-state index in [9.17, 15) is 0 Å². The van der Waals surface area contributed by atoms with Crippen molar-refractivity contribution in [2.45, 2.75) is 52.7 Å². The second-order valence-corrected chi connectivity index (χ2v) is 4.97. The summed E-state index contributed by atoms with van der Waals surface area (Å²) in [6.45, 7) is 9.96. The fraction of sp³-hybridized carbons (Fsp3) is 1.00. The molecule has 0 unspecified atom stereocenters. The van der Waals surface area contributed by atoms with Crippen molar-refractivity contribution >= 4 is 0 Å². The first-order valence-corrected chi connectivity index (χ1v) is 6.64. The van der Waals surface area contributed by atoms with Crippen LogP contribution in [0.4, 0.5) is 0 Å². The van der Waals surface area contributed by atoms with Crippen molar-refractivity contribution in [3.05, 3.63) is 0 Å². The Morgan fingerprint density at radius 3 is 2.25 bits per heavy atom. The topological polar surface area (TPSA) is 30.5 Å². The summed E-state index contributed by atoms with van der Waals surface area (Å²) < 4.78 is 11.0. The first-order valence-electron chi connectivity index (χ1n) is 6.64. The van der Waals surface area contributed by atoms with E-state index in [2.05, 4.69) is 12.2 Å². The van der Waals surface area contributed by atoms with Gasteiger partial charge in [-0.05, 0) is 38.6 Å². The number of hydrogen-bond acceptors (Lipinski definition) is 3. The molecule has 96 valence electrons. The minimum atomic E-state index is -0.0308. The molecule has 0 aromatic rings. The fourth-order valence-electron chi connectivity index (χ4n) is 2.15. The third-order valence-corrected chi connectivity index (χ3v) is 3.37.